The van der Waals surface area contributed by atoms with Gasteiger partial charge in [-0.25, -0.2) is 0 Å². The molecule has 1 fully saturated rings. The lowest BCUT2D eigenvalue weighted by Gasteiger charge is -2.36. The molecule has 1 amide bonds. The van der Waals surface area contributed by atoms with E-state index in [1.807, 2.05) is 48.4 Å². The van der Waals surface area contributed by atoms with Gasteiger partial charge in [-0.3, -0.25) is 4.79 Å². The fourth-order valence-electron chi connectivity index (χ4n) is 2.81. The first-order valence-corrected chi connectivity index (χ1v) is 8.54. The number of nitrogens with two attached hydrogens (primary N) is 1. The monoisotopic (exact) mass is 328 g/mol. The van der Waals surface area contributed by atoms with Gasteiger partial charge in [-0.05, 0) is 37.5 Å². The molecule has 2 rings (SSSR count). The highest BCUT2D eigenvalue weighted by Gasteiger charge is 2.30. The number of thioether (sulfide) groups is 1. The number of carbonyl (C=O) groups is 1. The van der Waals surface area contributed by atoms with Crippen LogP contribution in [0.2, 0.25) is 0 Å². The number of likely N-dealkylation sites (tertiary alicyclic amines) is 1. The average molecular weight is 329 g/mol. The molecule has 21 heavy (non-hydrogen) atoms. The Labute approximate surface area is 138 Å². The minimum absolute atomic E-state index is 0. The summed E-state index contributed by atoms with van der Waals surface area (Å²) in [7, 11) is 0. The fraction of sp³-hybridized carbons (Fsp3) is 0.562. The van der Waals surface area contributed by atoms with Crippen molar-refractivity contribution in [3.63, 3.8) is 0 Å². The molecule has 3 nitrogen and oxygen atoms in total. The van der Waals surface area contributed by atoms with E-state index in [-0.39, 0.29) is 29.6 Å². The number of carbonyl (C=O) groups excluding carboxylic acids is 1. The van der Waals surface area contributed by atoms with Crippen molar-refractivity contribution in [3.05, 3.63) is 35.9 Å². The number of rotatable bonds is 4. The van der Waals surface area contributed by atoms with Crippen molar-refractivity contribution in [1.82, 2.24) is 4.90 Å². The Hall–Kier alpha value is -0.710. The number of hydrogen-bond acceptors (Lipinski definition) is 3. The average Bonchev–Trinajstić information content (AvgIpc) is 2.49. The molecule has 0 aromatic heterocycles. The maximum absolute atomic E-state index is 12.8. The number of halogens is 1. The van der Waals surface area contributed by atoms with E-state index in [9.17, 15) is 4.79 Å². The van der Waals surface area contributed by atoms with E-state index < -0.39 is 0 Å². The maximum Gasteiger partial charge on any atom is 0.240 e. The van der Waals surface area contributed by atoms with Gasteiger partial charge in [0.1, 0.15) is 5.25 Å². The Morgan fingerprint density at radius 3 is 2.62 bits per heavy atom. The second-order valence-electron chi connectivity index (χ2n) is 5.57. The lowest BCUT2D eigenvalue weighted by atomic mass is 9.92. The van der Waals surface area contributed by atoms with Gasteiger partial charge in [0, 0.05) is 19.1 Å². The molecular formula is C16H25ClN2OS. The molecule has 3 atom stereocenters. The summed E-state index contributed by atoms with van der Waals surface area (Å²) in [5, 5.41) is -0.0944. The molecule has 1 aromatic rings. The number of nitrogens with zero attached hydrogens (tertiary/aromatic N) is 1. The number of hydrogen-bond donors (Lipinski definition) is 1. The number of benzene rings is 1. The fourth-order valence-corrected chi connectivity index (χ4v) is 3.59. The summed E-state index contributed by atoms with van der Waals surface area (Å²) in [5.74, 6) is 0.667. The second-order valence-corrected chi connectivity index (χ2v) is 6.51. The lowest BCUT2D eigenvalue weighted by Crippen LogP contribution is -2.46. The minimum Gasteiger partial charge on any atom is -0.341 e. The lowest BCUT2D eigenvalue weighted by molar-refractivity contribution is -0.132. The smallest absolute Gasteiger partial charge is 0.240 e. The van der Waals surface area contributed by atoms with Gasteiger partial charge in [-0.2, -0.15) is 0 Å². The van der Waals surface area contributed by atoms with E-state index in [0.29, 0.717) is 5.92 Å². The van der Waals surface area contributed by atoms with E-state index in [4.69, 9.17) is 5.73 Å². The predicted octanol–water partition coefficient (Wildman–Crippen LogP) is 3.10. The Bertz CT molecular complexity index is 441. The van der Waals surface area contributed by atoms with Crippen LogP contribution in [0.1, 0.15) is 30.6 Å². The van der Waals surface area contributed by atoms with Gasteiger partial charge in [0.05, 0.1) is 0 Å². The van der Waals surface area contributed by atoms with Crippen LogP contribution in [0.5, 0.6) is 0 Å². The largest absolute Gasteiger partial charge is 0.341 e. The SMILES string of the molecule is CSC(C(=O)N1CCCC(C(C)N)C1)c1ccccc1.Cl. The molecular weight excluding hydrogens is 304 g/mol. The summed E-state index contributed by atoms with van der Waals surface area (Å²) in [6, 6.07) is 10.2. The summed E-state index contributed by atoms with van der Waals surface area (Å²) in [5.41, 5.74) is 7.10. The molecule has 1 saturated heterocycles. The Morgan fingerprint density at radius 2 is 2.05 bits per heavy atom. The van der Waals surface area contributed by atoms with Crippen LogP contribution >= 0.6 is 24.2 Å². The third-order valence-corrected chi connectivity index (χ3v) is 5.02. The molecule has 1 heterocycles. The summed E-state index contributed by atoms with van der Waals surface area (Å²) in [4.78, 5) is 14.8. The first kappa shape index (κ1) is 18.3. The zero-order valence-electron chi connectivity index (χ0n) is 12.7. The number of piperidine rings is 1. The third kappa shape index (κ3) is 4.63. The van der Waals surface area contributed by atoms with Crippen molar-refractivity contribution in [2.24, 2.45) is 11.7 Å². The molecule has 1 aliphatic rings. The maximum atomic E-state index is 12.8. The summed E-state index contributed by atoms with van der Waals surface area (Å²) in [6.07, 6.45) is 4.20. The molecule has 0 saturated carbocycles. The zero-order chi connectivity index (χ0) is 14.5. The number of amides is 1. The van der Waals surface area contributed by atoms with Crippen LogP contribution in [0, 0.1) is 5.92 Å². The molecule has 3 unspecified atom stereocenters. The van der Waals surface area contributed by atoms with Crippen molar-refractivity contribution in [3.8, 4) is 0 Å². The normalized spacial score (nSPS) is 21.3. The molecule has 118 valence electrons. The van der Waals surface area contributed by atoms with E-state index in [0.717, 1.165) is 31.5 Å². The van der Waals surface area contributed by atoms with Gasteiger partial charge in [-0.15, -0.1) is 24.2 Å². The van der Waals surface area contributed by atoms with Crippen molar-refractivity contribution >= 4 is 30.1 Å². The van der Waals surface area contributed by atoms with E-state index >= 15 is 0 Å². The van der Waals surface area contributed by atoms with E-state index in [2.05, 4.69) is 0 Å². The molecule has 2 N–H and O–H groups in total. The van der Waals surface area contributed by atoms with Crippen molar-refractivity contribution < 1.29 is 4.79 Å². The highest BCUT2D eigenvalue weighted by atomic mass is 35.5. The van der Waals surface area contributed by atoms with Crippen LogP contribution in [-0.2, 0) is 4.79 Å². The van der Waals surface area contributed by atoms with Crippen LogP contribution < -0.4 is 5.73 Å². The molecule has 0 spiro atoms. The molecule has 0 aliphatic carbocycles. The Balaban J connectivity index is 0.00000220. The van der Waals surface area contributed by atoms with Crippen molar-refractivity contribution in [2.45, 2.75) is 31.1 Å². The van der Waals surface area contributed by atoms with Gasteiger partial charge in [0.25, 0.3) is 0 Å². The third-order valence-electron chi connectivity index (χ3n) is 4.08. The van der Waals surface area contributed by atoms with Crippen LogP contribution in [0.4, 0.5) is 0 Å². The first-order valence-electron chi connectivity index (χ1n) is 7.25. The van der Waals surface area contributed by atoms with Crippen LogP contribution in [-0.4, -0.2) is 36.2 Å². The van der Waals surface area contributed by atoms with Crippen molar-refractivity contribution in [1.29, 1.82) is 0 Å². The standard InChI is InChI=1S/C16H24N2OS.ClH/c1-12(17)14-9-6-10-18(11-14)16(19)15(20-2)13-7-4-3-5-8-13;/h3-5,7-8,12,14-15H,6,9-11,17H2,1-2H3;1H. The first-order chi connectivity index (χ1) is 9.63. The second kappa shape index (κ2) is 8.66. The van der Waals surface area contributed by atoms with Crippen molar-refractivity contribution in [2.75, 3.05) is 19.3 Å². The Kier molecular flexibility index (Phi) is 7.57. The van der Waals surface area contributed by atoms with Crippen LogP contribution in [0.3, 0.4) is 0 Å². The van der Waals surface area contributed by atoms with Crippen LogP contribution in [0.25, 0.3) is 0 Å². The van der Waals surface area contributed by atoms with Gasteiger partial charge >= 0.3 is 0 Å². The summed E-state index contributed by atoms with van der Waals surface area (Å²) >= 11 is 1.61. The topological polar surface area (TPSA) is 46.3 Å². The molecule has 5 heteroatoms. The summed E-state index contributed by atoms with van der Waals surface area (Å²) in [6.45, 7) is 3.72. The van der Waals surface area contributed by atoms with Crippen LogP contribution in [0.15, 0.2) is 30.3 Å². The highest BCUT2D eigenvalue weighted by Crippen LogP contribution is 2.30. The summed E-state index contributed by atoms with van der Waals surface area (Å²) < 4.78 is 0. The van der Waals surface area contributed by atoms with E-state index in [1.54, 1.807) is 11.8 Å². The molecule has 1 aliphatic heterocycles. The quantitative estimate of drug-likeness (QED) is 0.923. The van der Waals surface area contributed by atoms with Gasteiger partial charge in [0.2, 0.25) is 5.91 Å². The molecule has 1 aromatic carbocycles. The van der Waals surface area contributed by atoms with Gasteiger partial charge in [-0.1, -0.05) is 30.3 Å². The van der Waals surface area contributed by atoms with Gasteiger partial charge in [0.15, 0.2) is 0 Å². The Morgan fingerprint density at radius 1 is 1.38 bits per heavy atom. The predicted molar refractivity (Wildman–Crippen MR) is 92.9 cm³/mol. The molecule has 0 bridgehead atoms. The minimum atomic E-state index is -0.0944. The molecule has 0 radical (unpaired) electrons. The van der Waals surface area contributed by atoms with Gasteiger partial charge < -0.3 is 10.6 Å². The van der Waals surface area contributed by atoms with E-state index in [1.165, 1.54) is 0 Å². The zero-order valence-corrected chi connectivity index (χ0v) is 14.3. The highest BCUT2D eigenvalue weighted by molar-refractivity contribution is 7.99.